The van der Waals surface area contributed by atoms with E-state index in [1.165, 1.54) is 12.1 Å². The first kappa shape index (κ1) is 12.1. The molecule has 0 spiro atoms. The van der Waals surface area contributed by atoms with Crippen LogP contribution in [0.25, 0.3) is 0 Å². The first-order valence-corrected chi connectivity index (χ1v) is 6.93. The van der Waals surface area contributed by atoms with E-state index < -0.39 is 0 Å². The summed E-state index contributed by atoms with van der Waals surface area (Å²) < 4.78 is 13.6. The quantitative estimate of drug-likeness (QED) is 0.860. The van der Waals surface area contributed by atoms with Gasteiger partial charge in [-0.25, -0.2) is 4.39 Å². The first-order valence-electron chi connectivity index (χ1n) is 6.13. The summed E-state index contributed by atoms with van der Waals surface area (Å²) in [5.41, 5.74) is 0.545. The number of nitrogens with one attached hydrogen (secondary N) is 1. The highest BCUT2D eigenvalue weighted by Gasteiger charge is 2.40. The van der Waals surface area contributed by atoms with Gasteiger partial charge in [0.1, 0.15) is 5.82 Å². The van der Waals surface area contributed by atoms with E-state index in [1.807, 2.05) is 4.90 Å². The zero-order valence-electron chi connectivity index (χ0n) is 9.83. The molecule has 2 atom stereocenters. The number of fused-ring (bicyclic) bond motifs is 1. The SMILES string of the molecule is O=C(c1ccc(F)cc1Br)N1CC[C@H]2CNC[C@H]21. The molecule has 3 rings (SSSR count). The molecule has 0 aliphatic carbocycles. The predicted molar refractivity (Wildman–Crippen MR) is 69.9 cm³/mol. The van der Waals surface area contributed by atoms with Gasteiger partial charge in [-0.3, -0.25) is 4.79 Å². The van der Waals surface area contributed by atoms with E-state index in [1.54, 1.807) is 6.07 Å². The van der Waals surface area contributed by atoms with Crippen LogP contribution in [0.5, 0.6) is 0 Å². The van der Waals surface area contributed by atoms with E-state index in [2.05, 4.69) is 21.2 Å². The number of benzene rings is 1. The van der Waals surface area contributed by atoms with Crippen LogP contribution in [-0.4, -0.2) is 36.5 Å². The number of hydrogen-bond donors (Lipinski definition) is 1. The van der Waals surface area contributed by atoms with Crippen molar-refractivity contribution in [3.8, 4) is 0 Å². The number of nitrogens with zero attached hydrogens (tertiary/aromatic N) is 1. The molecular weight excluding hydrogens is 299 g/mol. The topological polar surface area (TPSA) is 32.3 Å². The predicted octanol–water partition coefficient (Wildman–Crippen LogP) is 2.02. The van der Waals surface area contributed by atoms with Crippen LogP contribution in [-0.2, 0) is 0 Å². The van der Waals surface area contributed by atoms with Crippen LogP contribution in [0.2, 0.25) is 0 Å². The molecule has 3 nitrogen and oxygen atoms in total. The third kappa shape index (κ3) is 1.95. The van der Waals surface area contributed by atoms with Gasteiger partial charge in [0.25, 0.3) is 5.91 Å². The highest BCUT2D eigenvalue weighted by molar-refractivity contribution is 9.10. The number of amides is 1. The summed E-state index contributed by atoms with van der Waals surface area (Å²) in [4.78, 5) is 14.4. The Morgan fingerprint density at radius 1 is 1.44 bits per heavy atom. The van der Waals surface area contributed by atoms with Gasteiger partial charge in [0.05, 0.1) is 5.56 Å². The Morgan fingerprint density at radius 3 is 3.06 bits per heavy atom. The highest BCUT2D eigenvalue weighted by Crippen LogP contribution is 2.30. The van der Waals surface area contributed by atoms with Crippen molar-refractivity contribution >= 4 is 21.8 Å². The molecule has 2 heterocycles. The fourth-order valence-corrected chi connectivity index (χ4v) is 3.44. The van der Waals surface area contributed by atoms with Gasteiger partial charge in [-0.2, -0.15) is 0 Å². The van der Waals surface area contributed by atoms with Gasteiger partial charge in [0.2, 0.25) is 0 Å². The van der Waals surface area contributed by atoms with Crippen molar-refractivity contribution in [3.05, 3.63) is 34.1 Å². The average Bonchev–Trinajstić information content (AvgIpc) is 2.89. The van der Waals surface area contributed by atoms with Crippen LogP contribution in [0.3, 0.4) is 0 Å². The molecular formula is C13H14BrFN2O. The Balaban J connectivity index is 1.86. The molecule has 1 N–H and O–H groups in total. The minimum atomic E-state index is -0.333. The van der Waals surface area contributed by atoms with Gasteiger partial charge >= 0.3 is 0 Å². The molecule has 2 aliphatic rings. The second-order valence-electron chi connectivity index (χ2n) is 4.90. The van der Waals surface area contributed by atoms with Crippen LogP contribution >= 0.6 is 15.9 Å². The highest BCUT2D eigenvalue weighted by atomic mass is 79.9. The lowest BCUT2D eigenvalue weighted by Crippen LogP contribution is -2.39. The molecule has 1 aromatic carbocycles. The van der Waals surface area contributed by atoms with Gasteiger partial charge in [0.15, 0.2) is 0 Å². The van der Waals surface area contributed by atoms with Crippen LogP contribution in [0.4, 0.5) is 4.39 Å². The minimum absolute atomic E-state index is 0.00178. The smallest absolute Gasteiger partial charge is 0.255 e. The van der Waals surface area contributed by atoms with E-state index in [4.69, 9.17) is 0 Å². The van der Waals surface area contributed by atoms with Gasteiger partial charge in [-0.1, -0.05) is 0 Å². The summed E-state index contributed by atoms with van der Waals surface area (Å²) >= 11 is 3.26. The fraction of sp³-hybridized carbons (Fsp3) is 0.462. The molecule has 1 amide bonds. The zero-order valence-corrected chi connectivity index (χ0v) is 11.4. The molecule has 0 saturated carbocycles. The van der Waals surface area contributed by atoms with Gasteiger partial charge in [-0.05, 0) is 46.5 Å². The molecule has 5 heteroatoms. The molecule has 18 heavy (non-hydrogen) atoms. The molecule has 96 valence electrons. The Hall–Kier alpha value is -0.940. The molecule has 0 aromatic heterocycles. The molecule has 0 bridgehead atoms. The lowest BCUT2D eigenvalue weighted by atomic mass is 10.0. The zero-order chi connectivity index (χ0) is 12.7. The maximum absolute atomic E-state index is 13.0. The van der Waals surface area contributed by atoms with E-state index in [9.17, 15) is 9.18 Å². The van der Waals surface area contributed by atoms with Crippen molar-refractivity contribution < 1.29 is 9.18 Å². The molecule has 0 radical (unpaired) electrons. The van der Waals surface area contributed by atoms with Crippen molar-refractivity contribution in [2.24, 2.45) is 5.92 Å². The molecule has 0 unspecified atom stereocenters. The molecule has 2 aliphatic heterocycles. The van der Waals surface area contributed by atoms with Gasteiger partial charge < -0.3 is 10.2 Å². The standard InChI is InChI=1S/C13H14BrFN2O/c14-11-5-9(15)1-2-10(11)13(18)17-4-3-8-6-16-7-12(8)17/h1-2,5,8,12,16H,3-4,6-7H2/t8-,12+/m0/s1. The van der Waals surface area contributed by atoms with Crippen LogP contribution in [0.15, 0.2) is 22.7 Å². The van der Waals surface area contributed by atoms with E-state index in [-0.39, 0.29) is 11.7 Å². The number of carbonyl (C=O) groups excluding carboxylic acids is 1. The van der Waals surface area contributed by atoms with Crippen LogP contribution in [0, 0.1) is 11.7 Å². The summed E-state index contributed by atoms with van der Waals surface area (Å²) in [6.07, 6.45) is 1.06. The van der Waals surface area contributed by atoms with E-state index in [0.717, 1.165) is 26.1 Å². The van der Waals surface area contributed by atoms with Gasteiger partial charge in [0, 0.05) is 30.1 Å². The second-order valence-corrected chi connectivity index (χ2v) is 5.75. The van der Waals surface area contributed by atoms with E-state index in [0.29, 0.717) is 22.0 Å². The summed E-state index contributed by atoms with van der Waals surface area (Å²) in [6, 6.07) is 4.53. The Morgan fingerprint density at radius 2 is 2.28 bits per heavy atom. The molecule has 2 fully saturated rings. The second kappa shape index (κ2) is 4.63. The van der Waals surface area contributed by atoms with Gasteiger partial charge in [-0.15, -0.1) is 0 Å². The van der Waals surface area contributed by atoms with E-state index >= 15 is 0 Å². The summed E-state index contributed by atoms with van der Waals surface area (Å²) in [6.45, 7) is 2.67. The van der Waals surface area contributed by atoms with Crippen molar-refractivity contribution in [3.63, 3.8) is 0 Å². The number of likely N-dealkylation sites (tertiary alicyclic amines) is 1. The van der Waals surface area contributed by atoms with Crippen LogP contribution in [0.1, 0.15) is 16.8 Å². The third-order valence-corrected chi connectivity index (χ3v) is 4.52. The van der Waals surface area contributed by atoms with Crippen molar-refractivity contribution in [2.45, 2.75) is 12.5 Å². The minimum Gasteiger partial charge on any atom is -0.334 e. The number of rotatable bonds is 1. The lowest BCUT2D eigenvalue weighted by molar-refractivity contribution is 0.0736. The monoisotopic (exact) mass is 312 g/mol. The summed E-state index contributed by atoms with van der Waals surface area (Å²) in [5.74, 6) is 0.242. The van der Waals surface area contributed by atoms with Crippen LogP contribution < -0.4 is 5.32 Å². The largest absolute Gasteiger partial charge is 0.334 e. The fourth-order valence-electron chi connectivity index (χ4n) is 2.92. The Bertz CT molecular complexity index is 494. The normalized spacial score (nSPS) is 26.4. The molecule has 1 aromatic rings. The first-order chi connectivity index (χ1) is 8.66. The Labute approximate surface area is 113 Å². The Kier molecular flexibility index (Phi) is 3.11. The average molecular weight is 313 g/mol. The maximum Gasteiger partial charge on any atom is 0.255 e. The van der Waals surface area contributed by atoms with Crippen molar-refractivity contribution in [1.29, 1.82) is 0 Å². The lowest BCUT2D eigenvalue weighted by Gasteiger charge is -2.24. The van der Waals surface area contributed by atoms with Crippen molar-refractivity contribution in [1.82, 2.24) is 10.2 Å². The maximum atomic E-state index is 13.0. The summed E-state index contributed by atoms with van der Waals surface area (Å²) in [7, 11) is 0. The third-order valence-electron chi connectivity index (χ3n) is 3.87. The summed E-state index contributed by atoms with van der Waals surface area (Å²) in [5, 5.41) is 3.32. The number of carbonyl (C=O) groups is 1. The molecule has 2 saturated heterocycles. The number of hydrogen-bond acceptors (Lipinski definition) is 2. The van der Waals surface area contributed by atoms with Crippen molar-refractivity contribution in [2.75, 3.05) is 19.6 Å². The number of halogens is 2.